The van der Waals surface area contributed by atoms with E-state index in [9.17, 15) is 23.1 Å². The summed E-state index contributed by atoms with van der Waals surface area (Å²) in [5.41, 5.74) is 2.39. The number of aryl methyl sites for hydroxylation is 1. The lowest BCUT2D eigenvalue weighted by molar-refractivity contribution is -0.137. The Kier molecular flexibility index (Phi) is 8.19. The van der Waals surface area contributed by atoms with Crippen molar-refractivity contribution >= 4 is 35.0 Å². The normalized spacial score (nSPS) is 18.3. The van der Waals surface area contributed by atoms with Crippen LogP contribution in [0.5, 0.6) is 0 Å². The number of hydrogen-bond acceptors (Lipinski definition) is 5. The molecule has 6 rings (SSSR count). The molecule has 2 atom stereocenters. The number of hydrogen-bond donors (Lipinski definition) is 2. The third-order valence-corrected chi connectivity index (χ3v) is 8.68. The highest BCUT2D eigenvalue weighted by Crippen LogP contribution is 2.44. The van der Waals surface area contributed by atoms with Gasteiger partial charge in [0.05, 0.1) is 23.8 Å². The topological polar surface area (TPSA) is 86.5 Å². The Morgan fingerprint density at radius 3 is 2.44 bits per heavy atom. The predicted molar refractivity (Wildman–Crippen MR) is 167 cm³/mol. The first-order chi connectivity index (χ1) is 21.4. The maximum absolute atomic E-state index is 13.0. The first-order valence-electron chi connectivity index (χ1n) is 14.5. The Hall–Kier alpha value is -4.19. The largest absolute Gasteiger partial charge is 0.416 e. The minimum Gasteiger partial charge on any atom is -0.384 e. The van der Waals surface area contributed by atoms with Gasteiger partial charge >= 0.3 is 12.2 Å². The Morgan fingerprint density at radius 2 is 1.78 bits per heavy atom. The van der Waals surface area contributed by atoms with Crippen LogP contribution >= 0.6 is 11.6 Å². The van der Waals surface area contributed by atoms with Crippen molar-refractivity contribution in [2.75, 3.05) is 31.5 Å². The number of amides is 2. The number of imidazole rings is 1. The number of halogens is 4. The van der Waals surface area contributed by atoms with E-state index in [-0.39, 0.29) is 18.6 Å². The molecule has 0 saturated carbocycles. The minimum absolute atomic E-state index is 0.281. The van der Waals surface area contributed by atoms with Crippen LogP contribution in [0.1, 0.15) is 46.7 Å². The molecule has 2 aliphatic rings. The molecule has 2 aromatic carbocycles. The zero-order valence-corrected chi connectivity index (χ0v) is 25.5. The molecule has 2 amide bonds. The summed E-state index contributed by atoms with van der Waals surface area (Å²) in [6.07, 6.45) is 2.83. The number of rotatable bonds is 5. The molecule has 0 spiro atoms. The second-order valence-electron chi connectivity index (χ2n) is 11.6. The van der Waals surface area contributed by atoms with Gasteiger partial charge in [0.25, 0.3) is 0 Å². The molecular weight excluding hydrogens is 605 g/mol. The van der Waals surface area contributed by atoms with Gasteiger partial charge in [0, 0.05) is 55.5 Å². The monoisotopic (exact) mass is 636 g/mol. The molecule has 1 aliphatic carbocycles. The van der Waals surface area contributed by atoms with E-state index in [1.54, 1.807) is 24.2 Å². The number of benzene rings is 2. The molecule has 4 aromatic rings. The number of carbonyl (C=O) groups is 1. The second kappa shape index (κ2) is 12.0. The number of alkyl halides is 3. The maximum Gasteiger partial charge on any atom is 0.416 e. The van der Waals surface area contributed by atoms with E-state index in [0.717, 1.165) is 40.3 Å². The summed E-state index contributed by atoms with van der Waals surface area (Å²) >= 11 is 6.55. The molecule has 3 heterocycles. The highest BCUT2D eigenvalue weighted by molar-refractivity contribution is 6.30. The molecule has 45 heavy (non-hydrogen) atoms. The summed E-state index contributed by atoms with van der Waals surface area (Å²) < 4.78 is 40.7. The van der Waals surface area contributed by atoms with Gasteiger partial charge < -0.3 is 19.9 Å². The van der Waals surface area contributed by atoms with Crippen molar-refractivity contribution in [3.8, 4) is 0 Å². The van der Waals surface area contributed by atoms with Crippen LogP contribution in [0.25, 0.3) is 11.6 Å². The van der Waals surface area contributed by atoms with E-state index in [2.05, 4.69) is 15.2 Å². The van der Waals surface area contributed by atoms with Gasteiger partial charge in [0.15, 0.2) is 0 Å². The van der Waals surface area contributed by atoms with E-state index >= 15 is 0 Å². The Balaban J connectivity index is 1.27. The molecule has 234 valence electrons. The van der Waals surface area contributed by atoms with Gasteiger partial charge in [0.1, 0.15) is 11.4 Å². The number of anilines is 1. The van der Waals surface area contributed by atoms with Crippen LogP contribution in [0.15, 0.2) is 73.2 Å². The molecule has 2 aromatic heterocycles. The van der Waals surface area contributed by atoms with Crippen LogP contribution < -0.4 is 5.32 Å². The summed E-state index contributed by atoms with van der Waals surface area (Å²) in [5, 5.41) is 15.2. The molecule has 2 N–H and O–H groups in total. The fourth-order valence-corrected chi connectivity index (χ4v) is 6.26. The molecule has 1 aliphatic heterocycles. The van der Waals surface area contributed by atoms with E-state index in [1.165, 1.54) is 12.1 Å². The van der Waals surface area contributed by atoms with Crippen molar-refractivity contribution in [1.29, 1.82) is 0 Å². The van der Waals surface area contributed by atoms with Crippen molar-refractivity contribution in [1.82, 2.24) is 24.3 Å². The summed E-state index contributed by atoms with van der Waals surface area (Å²) in [6.45, 7) is 5.78. The molecule has 0 radical (unpaired) electrons. The van der Waals surface area contributed by atoms with E-state index in [0.29, 0.717) is 42.5 Å². The van der Waals surface area contributed by atoms with Gasteiger partial charge in [-0.2, -0.15) is 13.2 Å². The molecule has 12 heteroatoms. The smallest absolute Gasteiger partial charge is 0.384 e. The van der Waals surface area contributed by atoms with Crippen molar-refractivity contribution in [3.63, 3.8) is 0 Å². The maximum atomic E-state index is 13.0. The molecule has 1 saturated heterocycles. The lowest BCUT2D eigenvalue weighted by atomic mass is 9.85. The van der Waals surface area contributed by atoms with Crippen molar-refractivity contribution < 1.29 is 23.1 Å². The summed E-state index contributed by atoms with van der Waals surface area (Å²) in [5.74, 6) is 0.788. The summed E-state index contributed by atoms with van der Waals surface area (Å²) in [4.78, 5) is 26.1. The SMILES string of the molecule is Cc1nccn1CC(C)(O)C1=Cc2cccnc2C(N2CCN(C(=O)Nc3ccc(C(F)(F)F)cc3)CC2)c2ccc(Cl)cc21. The van der Waals surface area contributed by atoms with Gasteiger partial charge in [-0.15, -0.1) is 0 Å². The number of fused-ring (bicyclic) bond motifs is 2. The Bertz CT molecular complexity index is 1740. The summed E-state index contributed by atoms with van der Waals surface area (Å²) in [6, 6.07) is 13.3. The Labute approximate surface area is 263 Å². The number of urea groups is 1. The van der Waals surface area contributed by atoms with Crippen LogP contribution in [-0.2, 0) is 12.7 Å². The fourth-order valence-electron chi connectivity index (χ4n) is 6.09. The van der Waals surface area contributed by atoms with Crippen LogP contribution in [0.3, 0.4) is 0 Å². The van der Waals surface area contributed by atoms with E-state index in [4.69, 9.17) is 16.6 Å². The lowest BCUT2D eigenvalue weighted by Crippen LogP contribution is -2.51. The number of nitrogens with one attached hydrogen (secondary N) is 1. The minimum atomic E-state index is -4.44. The van der Waals surface area contributed by atoms with Gasteiger partial charge in [0.2, 0.25) is 0 Å². The van der Waals surface area contributed by atoms with E-state index in [1.807, 2.05) is 54.1 Å². The molecule has 0 bridgehead atoms. The average Bonchev–Trinajstić information content (AvgIpc) is 3.33. The van der Waals surface area contributed by atoms with Crippen molar-refractivity contribution in [2.24, 2.45) is 0 Å². The third kappa shape index (κ3) is 6.33. The zero-order valence-electron chi connectivity index (χ0n) is 24.7. The van der Waals surface area contributed by atoms with Crippen LogP contribution in [0.2, 0.25) is 5.02 Å². The Morgan fingerprint density at radius 1 is 1.04 bits per heavy atom. The quantitative estimate of drug-likeness (QED) is 0.261. The third-order valence-electron chi connectivity index (χ3n) is 8.44. The fraction of sp³-hybridized carbons (Fsp3) is 0.303. The number of nitrogens with zero attached hydrogens (tertiary/aromatic N) is 5. The average molecular weight is 637 g/mol. The van der Waals surface area contributed by atoms with E-state index < -0.39 is 17.3 Å². The number of piperazine rings is 1. The highest BCUT2D eigenvalue weighted by atomic mass is 35.5. The van der Waals surface area contributed by atoms with Gasteiger partial charge in [-0.05, 0) is 84.7 Å². The molecule has 1 fully saturated rings. The van der Waals surface area contributed by atoms with Crippen LogP contribution in [0, 0.1) is 6.92 Å². The first kappa shape index (κ1) is 30.8. The van der Waals surface area contributed by atoms with Crippen molar-refractivity contribution in [2.45, 2.75) is 38.2 Å². The van der Waals surface area contributed by atoms with Crippen LogP contribution in [0.4, 0.5) is 23.7 Å². The second-order valence-corrected chi connectivity index (χ2v) is 12.0. The highest BCUT2D eigenvalue weighted by Gasteiger charge is 2.38. The van der Waals surface area contributed by atoms with Crippen molar-refractivity contribution in [3.05, 3.63) is 112 Å². The summed E-state index contributed by atoms with van der Waals surface area (Å²) in [7, 11) is 0. The number of aromatic nitrogens is 3. The number of carbonyl (C=O) groups excluding carboxylic acids is 1. The predicted octanol–water partition coefficient (Wildman–Crippen LogP) is 6.50. The molecule has 2 unspecified atom stereocenters. The molecular formula is C33H32ClF3N6O2. The van der Waals surface area contributed by atoms with Gasteiger partial charge in [-0.1, -0.05) is 23.7 Å². The van der Waals surface area contributed by atoms with Crippen LogP contribution in [-0.4, -0.2) is 67.3 Å². The standard InChI is InChI=1S/C33H32ClF3N6O2/c1-21-38-12-13-43(21)20-32(2,45)28-18-22-4-3-11-39-29(22)30(26-10-7-24(34)19-27(26)28)41-14-16-42(17-15-41)31(44)40-25-8-5-23(6-9-25)33(35,36)37/h3-13,18-19,30,45H,14-17,20H2,1-2H3,(H,40,44). The number of pyridine rings is 1. The number of aliphatic hydroxyl groups is 1. The van der Waals surface area contributed by atoms with Gasteiger partial charge in [-0.25, -0.2) is 9.78 Å². The molecule has 8 nitrogen and oxygen atoms in total. The lowest BCUT2D eigenvalue weighted by Gasteiger charge is -2.40. The first-order valence-corrected chi connectivity index (χ1v) is 14.9. The zero-order chi connectivity index (χ0) is 31.9. The van der Waals surface area contributed by atoms with Gasteiger partial charge in [-0.3, -0.25) is 9.88 Å².